The van der Waals surface area contributed by atoms with Crippen molar-refractivity contribution >= 4 is 52.7 Å². The average molecular weight is 795 g/mol. The van der Waals surface area contributed by atoms with Crippen LogP contribution in [0.5, 0.6) is 0 Å². The number of carboxylic acid groups (broad SMARTS) is 2. The number of aliphatic carboxylic acids is 2. The number of benzene rings is 3. The number of hydrogen-bond donors (Lipinski definition) is 5. The van der Waals surface area contributed by atoms with Gasteiger partial charge in [-0.3, -0.25) is 10.1 Å². The summed E-state index contributed by atoms with van der Waals surface area (Å²) in [5, 5.41) is 46.9. The molecule has 5 rings (SSSR count). The number of anilines is 2. The number of allylic oxidation sites excluding steroid dienone is 2. The minimum atomic E-state index is -2.27. The van der Waals surface area contributed by atoms with Gasteiger partial charge in [0, 0.05) is 45.9 Å². The molecule has 0 amide bonds. The third-order valence-corrected chi connectivity index (χ3v) is 9.65. The monoisotopic (exact) mass is 794 g/mol. The fourth-order valence-electron chi connectivity index (χ4n) is 6.20. The summed E-state index contributed by atoms with van der Waals surface area (Å²) in [6, 6.07) is 23.4. The van der Waals surface area contributed by atoms with E-state index in [4.69, 9.17) is 29.9 Å². The van der Waals surface area contributed by atoms with Crippen LogP contribution in [0.3, 0.4) is 0 Å². The minimum Gasteiger partial charge on any atom is -0.479 e. The van der Waals surface area contributed by atoms with Gasteiger partial charge in [0.05, 0.1) is 47.6 Å². The maximum atomic E-state index is 12.3. The van der Waals surface area contributed by atoms with Crippen LogP contribution >= 0.6 is 11.8 Å². The quantitative estimate of drug-likeness (QED) is 0.102. The lowest BCUT2D eigenvalue weighted by atomic mass is 9.79. The Morgan fingerprint density at radius 1 is 0.821 bits per heavy atom. The van der Waals surface area contributed by atoms with E-state index in [0.717, 1.165) is 13.1 Å². The number of nitro groups is 1. The number of ether oxygens (including phenoxy) is 2. The molecule has 300 valence electrons. The number of nitrogens with zero attached hydrogens (tertiary/aromatic N) is 3. The second kappa shape index (κ2) is 20.2. The number of methoxy groups -OCH3 is 2. The number of carbonyl (C=O) groups excluding carboxylic acids is 2. The van der Waals surface area contributed by atoms with E-state index in [0.29, 0.717) is 17.3 Å². The first kappa shape index (κ1) is 44.6. The van der Waals surface area contributed by atoms with E-state index in [1.807, 2.05) is 11.8 Å². The van der Waals surface area contributed by atoms with Gasteiger partial charge in [-0.2, -0.15) is 0 Å². The van der Waals surface area contributed by atoms with Crippen molar-refractivity contribution in [3.63, 3.8) is 0 Å². The van der Waals surface area contributed by atoms with Crippen molar-refractivity contribution in [3.05, 3.63) is 111 Å². The molecule has 0 spiro atoms. The molecular weight excluding hydrogens is 749 g/mol. The highest BCUT2D eigenvalue weighted by atomic mass is 32.2. The molecule has 2 aliphatic rings. The van der Waals surface area contributed by atoms with Crippen LogP contribution in [0, 0.1) is 16.0 Å². The molecule has 0 radical (unpaired) electrons. The van der Waals surface area contributed by atoms with Crippen molar-refractivity contribution in [3.8, 4) is 0 Å². The topological polar surface area (TPSA) is 229 Å². The Bertz CT molecular complexity index is 1900. The zero-order valence-corrected chi connectivity index (χ0v) is 32.8. The predicted molar refractivity (Wildman–Crippen MR) is 207 cm³/mol. The summed E-state index contributed by atoms with van der Waals surface area (Å²) in [6.45, 7) is 7.77. The number of aliphatic hydroxyl groups is 2. The van der Waals surface area contributed by atoms with E-state index < -0.39 is 46.9 Å². The summed E-state index contributed by atoms with van der Waals surface area (Å²) in [7, 11) is 6.71. The highest BCUT2D eigenvalue weighted by molar-refractivity contribution is 7.99. The molecule has 5 N–H and O–H groups in total. The molecule has 0 bridgehead atoms. The molecule has 16 nitrogen and oxygen atoms in total. The molecule has 17 heteroatoms. The van der Waals surface area contributed by atoms with Crippen molar-refractivity contribution < 1.29 is 54.0 Å². The van der Waals surface area contributed by atoms with Crippen molar-refractivity contribution in [1.82, 2.24) is 10.2 Å². The van der Waals surface area contributed by atoms with Crippen molar-refractivity contribution in [1.29, 1.82) is 0 Å². The van der Waals surface area contributed by atoms with Crippen molar-refractivity contribution in [2.24, 2.45) is 5.92 Å². The Hall–Kier alpha value is -5.75. The normalized spacial score (nSPS) is 15.0. The van der Waals surface area contributed by atoms with Gasteiger partial charge in [-0.25, -0.2) is 19.2 Å². The van der Waals surface area contributed by atoms with Crippen LogP contribution in [-0.4, -0.2) is 108 Å². The lowest BCUT2D eigenvalue weighted by molar-refractivity contribution is -0.385. The molecule has 56 heavy (non-hydrogen) atoms. The van der Waals surface area contributed by atoms with Gasteiger partial charge in [-0.1, -0.05) is 61.2 Å². The SMILES string of the molecule is CC(CN(C)C)CN1c2ccccc2Sc2ccccc21.COC(=O)C1=C(C)NC(C)=C(C(=O)OC)C1c1ccccc1[N+](=O)[O-].O=C(O)C(O)C(O)C(=O)O. The Kier molecular flexibility index (Phi) is 16.1. The molecule has 2 heterocycles. The van der Waals surface area contributed by atoms with Crippen LogP contribution in [0.25, 0.3) is 0 Å². The van der Waals surface area contributed by atoms with Crippen LogP contribution < -0.4 is 10.2 Å². The van der Waals surface area contributed by atoms with E-state index in [-0.39, 0.29) is 22.4 Å². The van der Waals surface area contributed by atoms with E-state index in [9.17, 15) is 29.3 Å². The smallest absolute Gasteiger partial charge is 0.336 e. The fourth-order valence-corrected chi connectivity index (χ4v) is 7.30. The number of hydrogen-bond acceptors (Lipinski definition) is 14. The lowest BCUT2D eigenvalue weighted by Gasteiger charge is -2.35. The van der Waals surface area contributed by atoms with Crippen molar-refractivity contribution in [2.75, 3.05) is 46.3 Å². The maximum Gasteiger partial charge on any atom is 0.336 e. The summed E-state index contributed by atoms with van der Waals surface area (Å²) in [5.74, 6) is -5.25. The molecule has 2 aliphatic heterocycles. The Morgan fingerprint density at radius 2 is 1.25 bits per heavy atom. The maximum absolute atomic E-state index is 12.3. The van der Waals surface area contributed by atoms with Crippen LogP contribution in [0.4, 0.5) is 17.1 Å². The molecule has 3 aromatic rings. The van der Waals surface area contributed by atoms with Crippen LogP contribution in [0.2, 0.25) is 0 Å². The van der Waals surface area contributed by atoms with Gasteiger partial charge in [0.1, 0.15) is 0 Å². The second-order valence-corrected chi connectivity index (χ2v) is 14.1. The van der Waals surface area contributed by atoms with Crippen LogP contribution in [0.1, 0.15) is 32.3 Å². The first-order valence-electron chi connectivity index (χ1n) is 17.1. The van der Waals surface area contributed by atoms with E-state index in [1.54, 1.807) is 19.9 Å². The molecule has 0 aromatic heterocycles. The number of fused-ring (bicyclic) bond motifs is 2. The minimum absolute atomic E-state index is 0.128. The summed E-state index contributed by atoms with van der Waals surface area (Å²) in [4.78, 5) is 62.6. The number of dihydropyridines is 1. The Labute approximate surface area is 328 Å². The zero-order valence-electron chi connectivity index (χ0n) is 32.0. The summed E-state index contributed by atoms with van der Waals surface area (Å²) >= 11 is 1.88. The Balaban J connectivity index is 0.000000245. The van der Waals surface area contributed by atoms with Crippen LogP contribution in [-0.2, 0) is 28.7 Å². The average Bonchev–Trinajstić information content (AvgIpc) is 3.16. The van der Waals surface area contributed by atoms with E-state index in [1.165, 1.54) is 53.6 Å². The number of rotatable bonds is 11. The lowest BCUT2D eigenvalue weighted by Crippen LogP contribution is -2.39. The summed E-state index contributed by atoms with van der Waals surface area (Å²) < 4.78 is 9.66. The molecule has 0 saturated heterocycles. The highest BCUT2D eigenvalue weighted by Gasteiger charge is 2.40. The number of esters is 2. The van der Waals surface area contributed by atoms with E-state index >= 15 is 0 Å². The van der Waals surface area contributed by atoms with Gasteiger partial charge in [-0.15, -0.1) is 0 Å². The third-order valence-electron chi connectivity index (χ3n) is 8.52. The molecule has 0 saturated carbocycles. The number of nitro benzene ring substituents is 1. The standard InChI is InChI=1S/C18H22N2S.C17H18N2O6.C4H6O6/c1-14(12-19(2)3)13-20-15-8-4-6-10-17(15)21-18-11-7-5-9-16(18)20;1-9-13(16(20)24-3)15(14(10(2)18-9)17(21)25-4)11-7-5-6-8-12(11)19(22)23;5-1(3(7)8)2(6)4(9)10/h4-11,14H,12-13H2,1-3H3;5-8,15,18H,1-4H3;1-2,5-6H,(H,7,8)(H,9,10). The fraction of sp³-hybridized carbons (Fsp3) is 0.333. The first-order chi connectivity index (χ1) is 26.4. The molecule has 3 unspecified atom stereocenters. The molecule has 0 aliphatic carbocycles. The van der Waals surface area contributed by atoms with Crippen LogP contribution in [0.15, 0.2) is 105 Å². The molecular formula is C39H46N4O12S. The number of nitrogens with one attached hydrogen (secondary N) is 1. The number of carboxylic acids is 2. The first-order valence-corrected chi connectivity index (χ1v) is 17.9. The summed E-state index contributed by atoms with van der Waals surface area (Å²) in [6.07, 6.45) is -4.53. The summed E-state index contributed by atoms with van der Waals surface area (Å²) in [5.41, 5.74) is 3.87. The van der Waals surface area contributed by atoms with Gasteiger partial charge in [0.15, 0.2) is 12.2 Å². The largest absolute Gasteiger partial charge is 0.479 e. The molecule has 0 fully saturated rings. The predicted octanol–water partition coefficient (Wildman–Crippen LogP) is 4.54. The van der Waals surface area contributed by atoms with Crippen molar-refractivity contribution in [2.45, 2.75) is 48.7 Å². The third kappa shape index (κ3) is 10.9. The van der Waals surface area contributed by atoms with Gasteiger partial charge in [-0.05, 0) is 58.1 Å². The zero-order chi connectivity index (χ0) is 41.9. The molecule has 3 aromatic carbocycles. The van der Waals surface area contributed by atoms with Gasteiger partial charge >= 0.3 is 23.9 Å². The van der Waals surface area contributed by atoms with E-state index in [2.05, 4.69) is 84.7 Å². The number of para-hydroxylation sites is 3. The Morgan fingerprint density at radius 3 is 1.66 bits per heavy atom. The molecule has 3 atom stereocenters. The van der Waals surface area contributed by atoms with Gasteiger partial charge in [0.25, 0.3) is 5.69 Å². The highest BCUT2D eigenvalue weighted by Crippen LogP contribution is 2.48. The second-order valence-electron chi connectivity index (χ2n) is 13.0. The van der Waals surface area contributed by atoms with Gasteiger partial charge < -0.3 is 45.0 Å². The number of aliphatic hydroxyl groups excluding tert-OH is 2. The van der Waals surface area contributed by atoms with Gasteiger partial charge in [0.2, 0.25) is 0 Å². The number of carbonyl (C=O) groups is 4.